The fourth-order valence-electron chi connectivity index (χ4n) is 2.57. The second-order valence-corrected chi connectivity index (χ2v) is 5.04. The van der Waals surface area contributed by atoms with Gasteiger partial charge in [-0.3, -0.25) is 4.90 Å². The third-order valence-corrected chi connectivity index (χ3v) is 3.68. The van der Waals surface area contributed by atoms with Crippen molar-refractivity contribution < 1.29 is 0 Å². The summed E-state index contributed by atoms with van der Waals surface area (Å²) in [7, 11) is 0. The summed E-state index contributed by atoms with van der Waals surface area (Å²) in [5, 5.41) is 0. The Balaban J connectivity index is 1.78. The van der Waals surface area contributed by atoms with E-state index in [4.69, 9.17) is 5.73 Å². The van der Waals surface area contributed by atoms with Crippen LogP contribution in [-0.4, -0.2) is 24.2 Å². The fraction of sp³-hybridized carbons (Fsp3) is 0.600. The van der Waals surface area contributed by atoms with Gasteiger partial charge in [-0.1, -0.05) is 43.2 Å². The Kier molecular flexibility index (Phi) is 5.02. The Morgan fingerprint density at radius 2 is 1.65 bits per heavy atom. The molecule has 0 aliphatic carbocycles. The average molecular weight is 232 g/mol. The average Bonchev–Trinajstić information content (AvgIpc) is 2.66. The van der Waals surface area contributed by atoms with E-state index in [1.165, 1.54) is 44.3 Å². The molecule has 2 N–H and O–H groups in total. The molecule has 1 aliphatic rings. The molecule has 2 nitrogen and oxygen atoms in total. The third kappa shape index (κ3) is 4.14. The van der Waals surface area contributed by atoms with Crippen molar-refractivity contribution in [3.63, 3.8) is 0 Å². The van der Waals surface area contributed by atoms with E-state index in [0.717, 1.165) is 12.8 Å². The van der Waals surface area contributed by atoms with Gasteiger partial charge < -0.3 is 5.73 Å². The van der Waals surface area contributed by atoms with Crippen LogP contribution in [0.4, 0.5) is 0 Å². The summed E-state index contributed by atoms with van der Waals surface area (Å²) in [6.07, 6.45) is 7.80. The van der Waals surface area contributed by atoms with Crippen LogP contribution in [0.2, 0.25) is 0 Å². The van der Waals surface area contributed by atoms with Crippen molar-refractivity contribution in [1.29, 1.82) is 0 Å². The largest absolute Gasteiger partial charge is 0.316 e. The summed E-state index contributed by atoms with van der Waals surface area (Å²) in [6, 6.07) is 10.7. The number of hydrogen-bond acceptors (Lipinski definition) is 2. The maximum absolute atomic E-state index is 6.29. The summed E-state index contributed by atoms with van der Waals surface area (Å²) < 4.78 is 0. The van der Waals surface area contributed by atoms with E-state index in [2.05, 4.69) is 35.2 Å². The molecule has 94 valence electrons. The quantitative estimate of drug-likeness (QED) is 0.865. The molecule has 1 fully saturated rings. The van der Waals surface area contributed by atoms with Crippen molar-refractivity contribution in [1.82, 2.24) is 4.90 Å². The van der Waals surface area contributed by atoms with E-state index in [1.807, 2.05) is 0 Å². The van der Waals surface area contributed by atoms with Gasteiger partial charge >= 0.3 is 0 Å². The van der Waals surface area contributed by atoms with Crippen LogP contribution in [0.25, 0.3) is 0 Å². The second kappa shape index (κ2) is 6.77. The van der Waals surface area contributed by atoms with Crippen LogP contribution in [-0.2, 0) is 6.42 Å². The first kappa shape index (κ1) is 12.6. The molecule has 2 heteroatoms. The number of benzene rings is 1. The van der Waals surface area contributed by atoms with Crippen LogP contribution in [0, 0.1) is 0 Å². The Labute approximate surface area is 105 Å². The SMILES string of the molecule is NC(CCc1ccccc1)N1CCCCCC1. The van der Waals surface area contributed by atoms with E-state index in [0.29, 0.717) is 0 Å². The summed E-state index contributed by atoms with van der Waals surface area (Å²) in [5.74, 6) is 0. The molecule has 1 unspecified atom stereocenters. The minimum atomic E-state index is 0.244. The van der Waals surface area contributed by atoms with Crippen molar-refractivity contribution in [2.24, 2.45) is 5.73 Å². The van der Waals surface area contributed by atoms with Gasteiger partial charge in [-0.25, -0.2) is 0 Å². The van der Waals surface area contributed by atoms with E-state index >= 15 is 0 Å². The highest BCUT2D eigenvalue weighted by atomic mass is 15.2. The van der Waals surface area contributed by atoms with Gasteiger partial charge in [0.05, 0.1) is 6.17 Å². The van der Waals surface area contributed by atoms with Gasteiger partial charge in [0, 0.05) is 0 Å². The lowest BCUT2D eigenvalue weighted by Gasteiger charge is -2.27. The molecular weight excluding hydrogens is 208 g/mol. The molecule has 1 aromatic rings. The maximum atomic E-state index is 6.29. The van der Waals surface area contributed by atoms with Crippen LogP contribution in [0.5, 0.6) is 0 Å². The van der Waals surface area contributed by atoms with Crippen molar-refractivity contribution in [3.8, 4) is 0 Å². The number of likely N-dealkylation sites (tertiary alicyclic amines) is 1. The Morgan fingerprint density at radius 3 is 2.29 bits per heavy atom. The molecule has 0 bridgehead atoms. The highest BCUT2D eigenvalue weighted by Crippen LogP contribution is 2.13. The molecule has 1 heterocycles. The van der Waals surface area contributed by atoms with Crippen LogP contribution in [0.1, 0.15) is 37.7 Å². The highest BCUT2D eigenvalue weighted by molar-refractivity contribution is 5.14. The minimum Gasteiger partial charge on any atom is -0.316 e. The zero-order chi connectivity index (χ0) is 11.9. The van der Waals surface area contributed by atoms with E-state index < -0.39 is 0 Å². The van der Waals surface area contributed by atoms with Crippen LogP contribution in [0.3, 0.4) is 0 Å². The maximum Gasteiger partial charge on any atom is 0.0574 e. The van der Waals surface area contributed by atoms with Crippen LogP contribution < -0.4 is 5.73 Å². The number of aryl methyl sites for hydroxylation is 1. The van der Waals surface area contributed by atoms with Crippen molar-refractivity contribution >= 4 is 0 Å². The van der Waals surface area contributed by atoms with E-state index in [-0.39, 0.29) is 6.17 Å². The predicted molar refractivity (Wildman–Crippen MR) is 72.8 cm³/mol. The third-order valence-electron chi connectivity index (χ3n) is 3.68. The first-order valence-corrected chi connectivity index (χ1v) is 6.90. The molecule has 0 saturated carbocycles. The van der Waals surface area contributed by atoms with Gasteiger partial charge in [-0.2, -0.15) is 0 Å². The van der Waals surface area contributed by atoms with Gasteiger partial charge in [0.1, 0.15) is 0 Å². The zero-order valence-electron chi connectivity index (χ0n) is 10.6. The fourth-order valence-corrected chi connectivity index (χ4v) is 2.57. The normalized spacial score (nSPS) is 19.8. The molecule has 0 radical (unpaired) electrons. The van der Waals surface area contributed by atoms with Gasteiger partial charge in [-0.15, -0.1) is 0 Å². The van der Waals surface area contributed by atoms with Crippen molar-refractivity contribution in [2.45, 2.75) is 44.7 Å². The van der Waals surface area contributed by atoms with Gasteiger partial charge in [0.25, 0.3) is 0 Å². The minimum absolute atomic E-state index is 0.244. The standard InChI is InChI=1S/C15H24N2/c16-15(17-12-6-1-2-7-13-17)11-10-14-8-4-3-5-9-14/h3-5,8-9,15H,1-2,6-7,10-13,16H2. The monoisotopic (exact) mass is 232 g/mol. The number of nitrogens with two attached hydrogens (primary N) is 1. The number of rotatable bonds is 4. The van der Waals surface area contributed by atoms with Crippen LogP contribution in [0.15, 0.2) is 30.3 Å². The first-order chi connectivity index (χ1) is 8.36. The predicted octanol–water partition coefficient (Wildman–Crippen LogP) is 2.78. The molecule has 17 heavy (non-hydrogen) atoms. The highest BCUT2D eigenvalue weighted by Gasteiger charge is 2.15. The Hall–Kier alpha value is -0.860. The van der Waals surface area contributed by atoms with Gasteiger partial charge in [0.2, 0.25) is 0 Å². The summed E-state index contributed by atoms with van der Waals surface area (Å²) >= 11 is 0. The van der Waals surface area contributed by atoms with Crippen LogP contribution >= 0.6 is 0 Å². The zero-order valence-corrected chi connectivity index (χ0v) is 10.6. The Morgan fingerprint density at radius 1 is 1.00 bits per heavy atom. The molecule has 1 aliphatic heterocycles. The lowest BCUT2D eigenvalue weighted by molar-refractivity contribution is 0.198. The smallest absolute Gasteiger partial charge is 0.0574 e. The number of nitrogens with zero attached hydrogens (tertiary/aromatic N) is 1. The Bertz CT molecular complexity index is 302. The van der Waals surface area contributed by atoms with E-state index in [1.54, 1.807) is 0 Å². The molecule has 1 atom stereocenters. The first-order valence-electron chi connectivity index (χ1n) is 6.90. The molecule has 0 amide bonds. The second-order valence-electron chi connectivity index (χ2n) is 5.04. The molecule has 0 aromatic heterocycles. The molecule has 2 rings (SSSR count). The summed E-state index contributed by atoms with van der Waals surface area (Å²) in [5.41, 5.74) is 7.69. The lowest BCUT2D eigenvalue weighted by atomic mass is 10.1. The molecular formula is C15H24N2. The van der Waals surface area contributed by atoms with Crippen molar-refractivity contribution in [2.75, 3.05) is 13.1 Å². The molecule has 0 spiro atoms. The van der Waals surface area contributed by atoms with Gasteiger partial charge in [-0.05, 0) is 44.3 Å². The molecule has 1 aromatic carbocycles. The van der Waals surface area contributed by atoms with Gasteiger partial charge in [0.15, 0.2) is 0 Å². The topological polar surface area (TPSA) is 29.3 Å². The van der Waals surface area contributed by atoms with Crippen molar-refractivity contribution in [3.05, 3.63) is 35.9 Å². The summed E-state index contributed by atoms with van der Waals surface area (Å²) in [6.45, 7) is 2.38. The summed E-state index contributed by atoms with van der Waals surface area (Å²) in [4.78, 5) is 2.47. The number of hydrogen-bond donors (Lipinski definition) is 1. The molecule has 1 saturated heterocycles. The lowest BCUT2D eigenvalue weighted by Crippen LogP contribution is -2.42. The van der Waals surface area contributed by atoms with E-state index in [9.17, 15) is 0 Å².